The van der Waals surface area contributed by atoms with Gasteiger partial charge in [-0.25, -0.2) is 4.79 Å². The van der Waals surface area contributed by atoms with Crippen molar-refractivity contribution >= 4 is 11.8 Å². The molecule has 1 aromatic rings. The molecule has 20 heavy (non-hydrogen) atoms. The molecule has 108 valence electrons. The Morgan fingerprint density at radius 2 is 1.95 bits per heavy atom. The number of ether oxygens (including phenoxy) is 1. The van der Waals surface area contributed by atoms with Gasteiger partial charge in [0.1, 0.15) is 11.9 Å². The molecule has 0 radical (unpaired) electrons. The smallest absolute Gasteiger partial charge is 0.240 e. The molecule has 0 aromatic heterocycles. The molecule has 3 unspecified atom stereocenters. The third-order valence-corrected chi connectivity index (χ3v) is 4.26. The van der Waals surface area contributed by atoms with E-state index >= 15 is 0 Å². The van der Waals surface area contributed by atoms with Crippen molar-refractivity contribution < 1.29 is 9.53 Å². The molecule has 1 saturated carbocycles. The molecule has 3 nitrogen and oxygen atoms in total. The lowest BCUT2D eigenvalue weighted by molar-refractivity contribution is 0.0460. The molecule has 3 heteroatoms. The van der Waals surface area contributed by atoms with Gasteiger partial charge in [0, 0.05) is 0 Å². The Morgan fingerprint density at radius 1 is 1.25 bits per heavy atom. The summed E-state index contributed by atoms with van der Waals surface area (Å²) in [6.45, 7) is 6.85. The summed E-state index contributed by atoms with van der Waals surface area (Å²) in [4.78, 5) is 13.8. The van der Waals surface area contributed by atoms with Gasteiger partial charge in [-0.2, -0.15) is 4.99 Å². The van der Waals surface area contributed by atoms with Gasteiger partial charge in [-0.1, -0.05) is 27.2 Å². The average Bonchev–Trinajstić information content (AvgIpc) is 2.41. The highest BCUT2D eigenvalue weighted by Crippen LogP contribution is 2.36. The molecular weight excluding hydrogens is 250 g/mol. The second-order valence-electron chi connectivity index (χ2n) is 6.18. The zero-order valence-electron chi connectivity index (χ0n) is 12.5. The van der Waals surface area contributed by atoms with Crippen molar-refractivity contribution in [1.82, 2.24) is 0 Å². The minimum Gasteiger partial charge on any atom is -0.490 e. The van der Waals surface area contributed by atoms with Crippen LogP contribution < -0.4 is 4.74 Å². The molecule has 0 bridgehead atoms. The van der Waals surface area contributed by atoms with Crippen molar-refractivity contribution in [3.63, 3.8) is 0 Å². The lowest BCUT2D eigenvalue weighted by Crippen LogP contribution is -2.36. The van der Waals surface area contributed by atoms with Crippen molar-refractivity contribution in [3.8, 4) is 5.75 Å². The first-order valence-electron chi connectivity index (χ1n) is 7.44. The van der Waals surface area contributed by atoms with Crippen LogP contribution in [0.1, 0.15) is 40.0 Å². The first-order valence-corrected chi connectivity index (χ1v) is 7.44. The van der Waals surface area contributed by atoms with E-state index in [1.807, 2.05) is 12.1 Å². The number of nitrogens with zero attached hydrogens (tertiary/aromatic N) is 1. The van der Waals surface area contributed by atoms with Gasteiger partial charge in [-0.15, -0.1) is 0 Å². The van der Waals surface area contributed by atoms with E-state index in [4.69, 9.17) is 4.74 Å². The Labute approximate surface area is 121 Å². The predicted molar refractivity (Wildman–Crippen MR) is 80.0 cm³/mol. The fourth-order valence-electron chi connectivity index (χ4n) is 3.08. The van der Waals surface area contributed by atoms with Crippen LogP contribution in [0.15, 0.2) is 29.3 Å². The van der Waals surface area contributed by atoms with Crippen molar-refractivity contribution in [3.05, 3.63) is 24.3 Å². The van der Waals surface area contributed by atoms with Gasteiger partial charge < -0.3 is 4.74 Å². The maximum absolute atomic E-state index is 10.2. The molecule has 0 spiro atoms. The maximum atomic E-state index is 10.2. The second kappa shape index (κ2) is 6.71. The average molecular weight is 273 g/mol. The monoisotopic (exact) mass is 273 g/mol. The third kappa shape index (κ3) is 3.71. The Hall–Kier alpha value is -1.60. The fraction of sp³-hybridized carbons (Fsp3) is 0.588. The first kappa shape index (κ1) is 14.8. The Bertz CT molecular complexity index is 474. The fourth-order valence-corrected chi connectivity index (χ4v) is 3.08. The summed E-state index contributed by atoms with van der Waals surface area (Å²) in [7, 11) is 0. The van der Waals surface area contributed by atoms with Crippen LogP contribution in [0.4, 0.5) is 5.69 Å². The summed E-state index contributed by atoms with van der Waals surface area (Å²) in [5.41, 5.74) is 0.616. The number of benzene rings is 1. The number of hydrogen-bond donors (Lipinski definition) is 0. The molecule has 1 fully saturated rings. The molecule has 0 N–H and O–H groups in total. The highest BCUT2D eigenvalue weighted by Gasteiger charge is 2.32. The maximum Gasteiger partial charge on any atom is 0.240 e. The van der Waals surface area contributed by atoms with Gasteiger partial charge in [0.25, 0.3) is 0 Å². The predicted octanol–water partition coefficient (Wildman–Crippen LogP) is 4.49. The summed E-state index contributed by atoms with van der Waals surface area (Å²) in [5.74, 6) is 2.86. The van der Waals surface area contributed by atoms with Gasteiger partial charge in [0.15, 0.2) is 0 Å². The van der Waals surface area contributed by atoms with E-state index in [2.05, 4.69) is 25.8 Å². The molecule has 0 aliphatic heterocycles. The highest BCUT2D eigenvalue weighted by atomic mass is 16.5. The molecule has 1 aliphatic rings. The number of isocyanates is 1. The van der Waals surface area contributed by atoms with Crippen LogP contribution in [0.2, 0.25) is 0 Å². The zero-order chi connectivity index (χ0) is 14.5. The summed E-state index contributed by atoms with van der Waals surface area (Å²) in [6, 6.07) is 7.34. The van der Waals surface area contributed by atoms with Crippen LogP contribution in [0.25, 0.3) is 0 Å². The topological polar surface area (TPSA) is 38.7 Å². The van der Waals surface area contributed by atoms with E-state index < -0.39 is 0 Å². The standard InChI is InChI=1S/C17H23NO2/c1-12(2)16-9-4-13(3)10-17(16)20-15-7-5-14(6-8-15)18-11-19/h5-8,12-13,16-17H,4,9-10H2,1-3H3. The summed E-state index contributed by atoms with van der Waals surface area (Å²) in [5, 5.41) is 0. The van der Waals surface area contributed by atoms with Crippen molar-refractivity contribution in [1.29, 1.82) is 0 Å². The largest absolute Gasteiger partial charge is 0.490 e. The van der Waals surface area contributed by atoms with Crippen LogP contribution in [0.5, 0.6) is 5.75 Å². The first-order chi connectivity index (χ1) is 9.60. The summed E-state index contributed by atoms with van der Waals surface area (Å²) in [6.07, 6.45) is 5.51. The normalized spacial score (nSPS) is 26.1. The van der Waals surface area contributed by atoms with Crippen molar-refractivity contribution in [2.24, 2.45) is 22.7 Å². The van der Waals surface area contributed by atoms with Gasteiger partial charge in [-0.05, 0) is 54.9 Å². The number of hydrogen-bond acceptors (Lipinski definition) is 3. The number of rotatable bonds is 4. The van der Waals surface area contributed by atoms with Gasteiger partial charge in [-0.3, -0.25) is 0 Å². The zero-order valence-corrected chi connectivity index (χ0v) is 12.5. The van der Waals surface area contributed by atoms with Crippen LogP contribution in [0.3, 0.4) is 0 Å². The Morgan fingerprint density at radius 3 is 2.55 bits per heavy atom. The van der Waals surface area contributed by atoms with E-state index in [9.17, 15) is 4.79 Å². The minimum absolute atomic E-state index is 0.291. The molecule has 2 rings (SSSR count). The molecular formula is C17H23NO2. The molecule has 0 saturated heterocycles. The van der Waals surface area contributed by atoms with Crippen LogP contribution >= 0.6 is 0 Å². The second-order valence-corrected chi connectivity index (χ2v) is 6.18. The van der Waals surface area contributed by atoms with E-state index in [1.54, 1.807) is 18.2 Å². The highest BCUT2D eigenvalue weighted by molar-refractivity contribution is 5.50. The van der Waals surface area contributed by atoms with E-state index in [0.29, 0.717) is 23.6 Å². The van der Waals surface area contributed by atoms with E-state index in [0.717, 1.165) is 18.1 Å². The lowest BCUT2D eigenvalue weighted by atomic mass is 9.75. The molecule has 0 heterocycles. The molecule has 0 amide bonds. The lowest BCUT2D eigenvalue weighted by Gasteiger charge is -2.37. The minimum atomic E-state index is 0.291. The van der Waals surface area contributed by atoms with Crippen LogP contribution in [-0.4, -0.2) is 12.2 Å². The summed E-state index contributed by atoms with van der Waals surface area (Å²) < 4.78 is 6.19. The van der Waals surface area contributed by atoms with Crippen molar-refractivity contribution in [2.75, 3.05) is 0 Å². The van der Waals surface area contributed by atoms with Crippen molar-refractivity contribution in [2.45, 2.75) is 46.1 Å². The van der Waals surface area contributed by atoms with Gasteiger partial charge >= 0.3 is 0 Å². The number of aliphatic imine (C=N–C) groups is 1. The van der Waals surface area contributed by atoms with E-state index in [-0.39, 0.29) is 0 Å². The SMILES string of the molecule is CC1CCC(C(C)C)C(Oc2ccc(N=C=O)cc2)C1. The molecule has 1 aromatic carbocycles. The molecule has 3 atom stereocenters. The van der Waals surface area contributed by atoms with Crippen LogP contribution in [0, 0.1) is 17.8 Å². The van der Waals surface area contributed by atoms with Gasteiger partial charge in [0.05, 0.1) is 5.69 Å². The quantitative estimate of drug-likeness (QED) is 0.598. The number of carbonyl (C=O) groups excluding carboxylic acids is 1. The Kier molecular flexibility index (Phi) is 4.97. The third-order valence-electron chi connectivity index (χ3n) is 4.26. The van der Waals surface area contributed by atoms with Gasteiger partial charge in [0.2, 0.25) is 6.08 Å². The Balaban J connectivity index is 2.07. The molecule has 1 aliphatic carbocycles. The van der Waals surface area contributed by atoms with E-state index in [1.165, 1.54) is 12.8 Å². The van der Waals surface area contributed by atoms with Crippen LogP contribution in [-0.2, 0) is 4.79 Å². The summed E-state index contributed by atoms with van der Waals surface area (Å²) >= 11 is 0.